The van der Waals surface area contributed by atoms with Crippen LogP contribution in [0.4, 0.5) is 33.8 Å². The summed E-state index contributed by atoms with van der Waals surface area (Å²) in [6.45, 7) is 11.8. The number of aromatic nitrogens is 3. The lowest BCUT2D eigenvalue weighted by Crippen LogP contribution is -2.51. The molecule has 6 aliphatic heterocycles. The number of nitrogens with one attached hydrogen (secondary N) is 2. The lowest BCUT2D eigenvalue weighted by Gasteiger charge is -2.36. The fourth-order valence-corrected chi connectivity index (χ4v) is 15.3. The molecule has 2 amide bonds. The van der Waals surface area contributed by atoms with Crippen molar-refractivity contribution in [3.05, 3.63) is 187 Å². The van der Waals surface area contributed by atoms with Gasteiger partial charge in [0.1, 0.15) is 42.0 Å². The number of hydrogen-bond acceptors (Lipinski definition) is 15. The maximum Gasteiger partial charge on any atom is 0.336 e. The number of azide groups is 2. The normalized spacial score (nSPS) is 15.7. The lowest BCUT2D eigenvalue weighted by molar-refractivity contribution is -0.133. The van der Waals surface area contributed by atoms with Crippen LogP contribution in [-0.4, -0.2) is 125 Å². The average Bonchev–Trinajstić information content (AvgIpc) is 0.910. The van der Waals surface area contributed by atoms with Crippen molar-refractivity contribution >= 4 is 85.9 Å². The molecule has 0 atom stereocenters. The molecular weight excluding hydrogens is 1200 g/mol. The molecule has 0 aliphatic carbocycles. The second-order valence-electron chi connectivity index (χ2n) is 24.6. The van der Waals surface area contributed by atoms with E-state index in [9.17, 15) is 35.3 Å². The first-order valence-corrected chi connectivity index (χ1v) is 32.8. The summed E-state index contributed by atoms with van der Waals surface area (Å²) in [7, 11) is 0. The minimum Gasteiger partial charge on any atom is -0.478 e. The minimum absolute atomic E-state index is 0.0335. The number of aryl methyl sites for hydroxylation is 5. The second-order valence-corrected chi connectivity index (χ2v) is 26.0. The largest absolute Gasteiger partial charge is 0.478 e. The number of fused-ring (bicyclic) bond motifs is 4. The molecule has 2 aromatic heterocycles. The number of piperazine rings is 1. The Morgan fingerprint density at radius 3 is 2.41 bits per heavy atom. The molecule has 13 rings (SSSR count). The summed E-state index contributed by atoms with van der Waals surface area (Å²) in [5.41, 5.74) is 30.5. The van der Waals surface area contributed by atoms with Crippen LogP contribution in [0.1, 0.15) is 130 Å². The van der Waals surface area contributed by atoms with Crippen LogP contribution in [0, 0.1) is 20.8 Å². The van der Waals surface area contributed by atoms with Crippen LogP contribution in [-0.2, 0) is 43.4 Å². The van der Waals surface area contributed by atoms with Crippen LogP contribution in [0.15, 0.2) is 83.2 Å². The van der Waals surface area contributed by atoms with Gasteiger partial charge in [0.25, 0.3) is 5.91 Å². The molecule has 5 aromatic carbocycles. The third kappa shape index (κ3) is 12.5. The van der Waals surface area contributed by atoms with Crippen molar-refractivity contribution in [2.45, 2.75) is 97.9 Å². The molecule has 24 heteroatoms. The number of anilines is 4. The van der Waals surface area contributed by atoms with Gasteiger partial charge >= 0.3 is 5.97 Å². The molecule has 8 heterocycles. The van der Waals surface area contributed by atoms with E-state index in [1.165, 1.54) is 50.7 Å². The van der Waals surface area contributed by atoms with E-state index in [1.54, 1.807) is 48.4 Å². The highest BCUT2D eigenvalue weighted by Crippen LogP contribution is 2.49. The van der Waals surface area contributed by atoms with Gasteiger partial charge in [-0.3, -0.25) is 19.3 Å². The van der Waals surface area contributed by atoms with Crippen LogP contribution in [0.25, 0.3) is 26.5 Å². The second kappa shape index (κ2) is 26.5. The van der Waals surface area contributed by atoms with Gasteiger partial charge in [0.05, 0.1) is 28.7 Å². The molecule has 470 valence electrons. The lowest BCUT2D eigenvalue weighted by atomic mass is 9.82. The van der Waals surface area contributed by atoms with Crippen LogP contribution >= 0.6 is 22.9 Å². The van der Waals surface area contributed by atoms with E-state index in [2.05, 4.69) is 72.1 Å². The molecule has 0 saturated carbocycles. The summed E-state index contributed by atoms with van der Waals surface area (Å²) in [6, 6.07) is 20.1. The zero-order valence-electron chi connectivity index (χ0n) is 51.7. The van der Waals surface area contributed by atoms with E-state index in [4.69, 9.17) is 21.3 Å². The highest BCUT2D eigenvalue weighted by molar-refractivity contribution is 7.17. The van der Waals surface area contributed by atoms with Crippen molar-refractivity contribution in [2.24, 2.45) is 10.2 Å². The number of halogens is 1. The summed E-state index contributed by atoms with van der Waals surface area (Å²) in [4.78, 5) is 85.0. The number of hydrogen-bond donors (Lipinski definition) is 3. The zero-order chi connectivity index (χ0) is 63.7. The molecule has 1 saturated heterocycles. The number of aromatic carboxylic acids is 1. The van der Waals surface area contributed by atoms with Crippen molar-refractivity contribution in [1.29, 1.82) is 0 Å². The number of Topliss-reactive ketones (excluding diaryl/α,β-unsaturated/α-hetero) is 1. The number of benzene rings is 5. The van der Waals surface area contributed by atoms with Gasteiger partial charge in [-0.1, -0.05) is 51.4 Å². The Labute approximate surface area is 540 Å². The minimum atomic E-state index is -1.11. The zero-order valence-corrected chi connectivity index (χ0v) is 53.3. The fraction of sp³-hybridized carbons (Fsp3) is 0.382. The van der Waals surface area contributed by atoms with Gasteiger partial charge in [0.15, 0.2) is 10.9 Å². The number of carboxylic acids is 1. The molecule has 6 aliphatic rings. The topological polar surface area (TPSA) is 274 Å². The smallest absolute Gasteiger partial charge is 0.336 e. The number of rotatable bonds is 18. The SMILES string of the molecule is Cc1nc(Nc2ncc(C(=O)Cc3c(C)cccc3Cl)s2)cc(N2CCN(CC(=O)N(CCNC(=O)c3ccc(C(=O)O)c(C4=c5cc6c7c(c5Oc5c4cc4c8c5CCCN8CCCC4)CCC[N+]=7CCCC6)c3)Cc3cc(C)c(N=[N+]=[N-])c(N=[N+]=[N-])c3)CC2)n1. The first-order chi connectivity index (χ1) is 44.7. The average molecular weight is 1270 g/mol. The van der Waals surface area contributed by atoms with Crippen LogP contribution in [0.5, 0.6) is 11.5 Å². The maximum absolute atomic E-state index is 14.8. The predicted molar refractivity (Wildman–Crippen MR) is 355 cm³/mol. The molecule has 92 heavy (non-hydrogen) atoms. The summed E-state index contributed by atoms with van der Waals surface area (Å²) < 4.78 is 9.85. The van der Waals surface area contributed by atoms with Crippen molar-refractivity contribution in [3.63, 3.8) is 0 Å². The fourth-order valence-electron chi connectivity index (χ4n) is 14.3. The molecule has 3 N–H and O–H groups in total. The molecule has 0 unspecified atom stereocenters. The van der Waals surface area contributed by atoms with E-state index in [0.717, 1.165) is 129 Å². The van der Waals surface area contributed by atoms with Crippen LogP contribution in [0.2, 0.25) is 5.02 Å². The van der Waals surface area contributed by atoms with Gasteiger partial charge in [0.2, 0.25) is 11.3 Å². The van der Waals surface area contributed by atoms with E-state index < -0.39 is 11.9 Å². The van der Waals surface area contributed by atoms with Crippen molar-refractivity contribution < 1.29 is 29.0 Å². The Bertz CT molecular complexity index is 4410. The van der Waals surface area contributed by atoms with Crippen molar-refractivity contribution in [3.8, 4) is 11.5 Å². The maximum atomic E-state index is 14.8. The monoisotopic (exact) mass is 1270 g/mol. The number of amides is 2. The molecule has 0 bridgehead atoms. The number of thiazole rings is 1. The Balaban J connectivity index is 0.755. The number of carbonyl (C=O) groups is 4. The summed E-state index contributed by atoms with van der Waals surface area (Å²) in [6.07, 6.45) is 11.4. The third-order valence-electron chi connectivity index (χ3n) is 18.6. The van der Waals surface area contributed by atoms with E-state index in [0.29, 0.717) is 75.4 Å². The van der Waals surface area contributed by atoms with Gasteiger partial charge in [-0.2, -0.15) is 0 Å². The number of ether oxygens (including phenoxy) is 1. The summed E-state index contributed by atoms with van der Waals surface area (Å²) >= 11 is 7.67. The van der Waals surface area contributed by atoms with Crippen LogP contribution in [0.3, 0.4) is 0 Å². The number of ketones is 1. The Morgan fingerprint density at radius 2 is 1.60 bits per heavy atom. The Morgan fingerprint density at radius 1 is 0.804 bits per heavy atom. The highest BCUT2D eigenvalue weighted by atomic mass is 35.5. The first-order valence-electron chi connectivity index (χ1n) is 31.6. The number of carbonyl (C=O) groups excluding carboxylic acids is 3. The summed E-state index contributed by atoms with van der Waals surface area (Å²) in [5.74, 6) is 1.47. The van der Waals surface area contributed by atoms with Crippen molar-refractivity contribution in [1.82, 2.24) is 34.6 Å². The number of nitrogens with zero attached hydrogens (tertiary/aromatic N) is 14. The van der Waals surface area contributed by atoms with Crippen molar-refractivity contribution in [2.75, 3.05) is 87.1 Å². The Hall–Kier alpha value is -9.37. The van der Waals surface area contributed by atoms with E-state index in [-0.39, 0.29) is 66.8 Å². The van der Waals surface area contributed by atoms with Gasteiger partial charge in [-0.05, 0) is 159 Å². The van der Waals surface area contributed by atoms with Gasteiger partial charge in [-0.25, -0.2) is 24.3 Å². The van der Waals surface area contributed by atoms with Gasteiger partial charge in [-0.15, -0.1) is 0 Å². The Kier molecular flexibility index (Phi) is 17.7. The quantitative estimate of drug-likeness (QED) is 0.0237. The highest BCUT2D eigenvalue weighted by Gasteiger charge is 2.37. The van der Waals surface area contributed by atoms with E-state index >= 15 is 0 Å². The first kappa shape index (κ1) is 61.5. The molecule has 22 nitrogen and oxygen atoms in total. The number of carboxylic acid groups (broad SMARTS) is 1. The van der Waals surface area contributed by atoms with Gasteiger partial charge < -0.3 is 35.2 Å². The van der Waals surface area contributed by atoms with Gasteiger partial charge in [0, 0.05) is 149 Å². The van der Waals surface area contributed by atoms with Crippen LogP contribution < -0.4 is 40.3 Å². The standard InChI is InChI=1S/C68H69ClN16O6S/c1-39-11-8-16-53(69)49(39)34-55(86)56-36-73-68(92-56)76-57-35-58(75-41(3)74-57)82-27-25-81(26-28-82)38-59(87)85(37-42-29-40(2)61(78-80-71)54(30-42)77-79-70)24-19-72-66(88)45-17-18-46(67(89)90)50(33-45)60-51-31-43-12-4-6-20-83-22-9-14-47(62(43)83)64(51)91-65-48-15-10-23-84-21-7-5-13-44(63(48)84)32-52(60)65/h8,11,16-18,29-33,35-36H,4-7,9-10,12-15,19-28,34,37-38H2,1-3H3,(H2-,72,73,74,75,76,86,88,89,90)/p+1. The molecular formula is C68H70ClN16O6S+. The molecule has 1 fully saturated rings. The summed E-state index contributed by atoms with van der Waals surface area (Å²) in [5, 5.41) is 28.2. The predicted octanol–water partition coefficient (Wildman–Crippen LogP) is 11.1. The van der Waals surface area contributed by atoms with E-state index in [1.807, 2.05) is 32.0 Å². The molecule has 0 spiro atoms. The molecule has 7 aromatic rings. The third-order valence-corrected chi connectivity index (χ3v) is 19.9. The molecule has 0 radical (unpaired) electrons.